The van der Waals surface area contributed by atoms with Crippen molar-refractivity contribution in [2.24, 2.45) is 5.92 Å². The van der Waals surface area contributed by atoms with Gasteiger partial charge in [-0.1, -0.05) is 25.3 Å². The van der Waals surface area contributed by atoms with E-state index >= 15 is 0 Å². The Hall–Kier alpha value is -0.300. The van der Waals surface area contributed by atoms with Crippen molar-refractivity contribution in [2.75, 3.05) is 0 Å². The lowest BCUT2D eigenvalue weighted by atomic mass is 9.84. The monoisotopic (exact) mass is 155 g/mol. The molecule has 0 aliphatic heterocycles. The second-order valence-electron chi connectivity index (χ2n) is 3.32. The van der Waals surface area contributed by atoms with Crippen LogP contribution in [0.25, 0.3) is 0 Å². The fourth-order valence-electron chi connectivity index (χ4n) is 1.77. The highest BCUT2D eigenvalue weighted by atomic mass is 16.3. The van der Waals surface area contributed by atoms with E-state index in [0.717, 1.165) is 12.8 Å². The Bertz CT molecular complexity index is 141. The number of hydrogen-bond donors (Lipinski definition) is 1. The van der Waals surface area contributed by atoms with Crippen molar-refractivity contribution in [3.8, 4) is 0 Å². The number of rotatable bonds is 3. The Morgan fingerprint density at radius 1 is 1.55 bits per heavy atom. The fraction of sp³-hybridized carbons (Fsp3) is 0.800. The summed E-state index contributed by atoms with van der Waals surface area (Å²) < 4.78 is 7.49. The van der Waals surface area contributed by atoms with Crippen LogP contribution in [0.3, 0.4) is 0 Å². The van der Waals surface area contributed by atoms with Gasteiger partial charge in [0.15, 0.2) is 0 Å². The van der Waals surface area contributed by atoms with Crippen LogP contribution in [-0.4, -0.2) is 11.2 Å². The molecular formula is C10H18O. The van der Waals surface area contributed by atoms with Gasteiger partial charge in [-0.15, -0.1) is 6.58 Å². The highest BCUT2D eigenvalue weighted by molar-refractivity contribution is 4.79. The Morgan fingerprint density at radius 2 is 2.18 bits per heavy atom. The van der Waals surface area contributed by atoms with Crippen LogP contribution in [0.5, 0.6) is 0 Å². The van der Waals surface area contributed by atoms with E-state index in [0.29, 0.717) is 5.92 Å². The number of aliphatic hydroxyl groups is 1. The van der Waals surface area contributed by atoms with Crippen LogP contribution in [0, 0.1) is 5.92 Å². The minimum Gasteiger partial charge on any atom is -0.393 e. The van der Waals surface area contributed by atoms with E-state index < -0.39 is 12.5 Å². The summed E-state index contributed by atoms with van der Waals surface area (Å²) in [6.45, 7) is 3.53. The topological polar surface area (TPSA) is 20.2 Å². The van der Waals surface area contributed by atoms with Crippen molar-refractivity contribution < 1.29 is 6.48 Å². The van der Waals surface area contributed by atoms with Crippen LogP contribution in [0.1, 0.15) is 39.9 Å². The first kappa shape index (κ1) is 7.35. The minimum absolute atomic E-state index is 0.347. The van der Waals surface area contributed by atoms with E-state index in [1.807, 2.05) is 0 Å². The third kappa shape index (κ3) is 2.66. The van der Waals surface area contributed by atoms with Gasteiger partial charge in [0.25, 0.3) is 0 Å². The summed E-state index contributed by atoms with van der Waals surface area (Å²) in [4.78, 5) is 0. The molecule has 0 amide bonds. The Kier molecular flexibility index (Phi) is 3.04. The van der Waals surface area contributed by atoms with E-state index in [9.17, 15) is 5.11 Å². The summed E-state index contributed by atoms with van der Waals surface area (Å²) in [6.07, 6.45) is 6.45. The third-order valence-corrected chi connectivity index (χ3v) is 2.47. The van der Waals surface area contributed by atoms with Crippen molar-refractivity contribution in [3.63, 3.8) is 0 Å². The van der Waals surface area contributed by atoms with Crippen molar-refractivity contribution in [1.82, 2.24) is 0 Å². The molecule has 64 valence electrons. The number of aliphatic hydroxyl groups excluding tert-OH is 1. The zero-order valence-electron chi connectivity index (χ0n) is 8.00. The molecule has 1 nitrogen and oxygen atoms in total. The molecule has 0 bridgehead atoms. The van der Waals surface area contributed by atoms with E-state index in [-0.39, 0.29) is 0 Å². The molecule has 1 aliphatic rings. The molecule has 0 aromatic rings. The molecule has 0 aromatic carbocycles. The van der Waals surface area contributed by atoms with Crippen LogP contribution < -0.4 is 0 Å². The van der Waals surface area contributed by atoms with Crippen molar-refractivity contribution >= 4 is 0 Å². The molecule has 1 aliphatic carbocycles. The fourth-order valence-corrected chi connectivity index (χ4v) is 1.77. The van der Waals surface area contributed by atoms with Gasteiger partial charge in [-0.05, 0) is 25.2 Å². The van der Waals surface area contributed by atoms with E-state index in [2.05, 4.69) is 6.58 Å². The summed E-state index contributed by atoms with van der Waals surface area (Å²) in [5, 5.41) is 9.68. The largest absolute Gasteiger partial charge is 0.393 e. The van der Waals surface area contributed by atoms with Gasteiger partial charge in [0.05, 0.1) is 6.10 Å². The molecule has 1 N–H and O–H groups in total. The summed E-state index contributed by atoms with van der Waals surface area (Å²) in [7, 11) is 0. The molecular weight excluding hydrogens is 136 g/mol. The Labute approximate surface area is 70.5 Å². The second-order valence-corrected chi connectivity index (χ2v) is 3.32. The maximum absolute atomic E-state index is 9.68. The van der Waals surface area contributed by atoms with Crippen LogP contribution in [-0.2, 0) is 0 Å². The van der Waals surface area contributed by atoms with Gasteiger partial charge >= 0.3 is 0 Å². The van der Waals surface area contributed by atoms with Gasteiger partial charge in [-0.3, -0.25) is 0 Å². The van der Waals surface area contributed by atoms with Crippen LogP contribution in [0.2, 0.25) is 0 Å². The van der Waals surface area contributed by atoms with Crippen molar-refractivity contribution in [2.45, 2.75) is 44.6 Å². The smallest absolute Gasteiger partial charge is 0.0602 e. The Balaban J connectivity index is 2.38. The molecule has 1 saturated carbocycles. The number of hydrogen-bond acceptors (Lipinski definition) is 1. The summed E-state index contributed by atoms with van der Waals surface area (Å²) in [5.74, 6) is 0.347. The molecule has 1 fully saturated rings. The van der Waals surface area contributed by atoms with E-state index in [4.69, 9.17) is 1.37 Å². The predicted molar refractivity (Wildman–Crippen MR) is 47.4 cm³/mol. The lowest BCUT2D eigenvalue weighted by Crippen LogP contribution is -2.21. The molecule has 1 heteroatoms. The van der Waals surface area contributed by atoms with Gasteiger partial charge in [-0.2, -0.15) is 0 Å². The maximum Gasteiger partial charge on any atom is 0.0602 e. The summed E-state index contributed by atoms with van der Waals surface area (Å²) in [5.41, 5.74) is 0. The predicted octanol–water partition coefficient (Wildman–Crippen LogP) is 2.50. The van der Waals surface area contributed by atoms with E-state index in [1.165, 1.54) is 25.3 Å². The van der Waals surface area contributed by atoms with Crippen LogP contribution in [0.15, 0.2) is 12.7 Å². The molecule has 2 atom stereocenters. The van der Waals surface area contributed by atoms with Gasteiger partial charge in [0.1, 0.15) is 0 Å². The van der Waals surface area contributed by atoms with E-state index in [1.54, 1.807) is 0 Å². The van der Waals surface area contributed by atoms with Gasteiger partial charge < -0.3 is 5.11 Å². The Morgan fingerprint density at radius 3 is 2.73 bits per heavy atom. The molecule has 0 spiro atoms. The molecule has 0 saturated heterocycles. The SMILES string of the molecule is [2H][C@@H](C=C)[C@H](O)C1CCCCC1. The summed E-state index contributed by atoms with van der Waals surface area (Å²) in [6, 6.07) is 0. The second kappa shape index (κ2) is 4.55. The highest BCUT2D eigenvalue weighted by Crippen LogP contribution is 2.27. The average Bonchev–Trinajstić information content (AvgIpc) is 2.17. The summed E-state index contributed by atoms with van der Waals surface area (Å²) >= 11 is 0. The molecule has 11 heavy (non-hydrogen) atoms. The average molecular weight is 155 g/mol. The van der Waals surface area contributed by atoms with Crippen molar-refractivity contribution in [1.29, 1.82) is 0 Å². The lowest BCUT2D eigenvalue weighted by molar-refractivity contribution is 0.0874. The van der Waals surface area contributed by atoms with Crippen LogP contribution >= 0.6 is 0 Å². The molecule has 0 aromatic heterocycles. The van der Waals surface area contributed by atoms with Gasteiger partial charge in [0, 0.05) is 1.37 Å². The molecule has 1 rings (SSSR count). The van der Waals surface area contributed by atoms with Crippen molar-refractivity contribution in [3.05, 3.63) is 12.7 Å². The molecule has 0 unspecified atom stereocenters. The highest BCUT2D eigenvalue weighted by Gasteiger charge is 2.19. The minimum atomic E-state index is -0.493. The first-order chi connectivity index (χ1) is 5.75. The molecule has 0 radical (unpaired) electrons. The van der Waals surface area contributed by atoms with Gasteiger partial charge in [-0.25, -0.2) is 0 Å². The standard InChI is InChI=1S/C10H18O/c1-2-6-10(11)9-7-4-3-5-8-9/h2,9-11H,1,3-8H2/t10-/m0/s1/i6D/t6-,10-. The quantitative estimate of drug-likeness (QED) is 0.621. The third-order valence-electron chi connectivity index (χ3n) is 2.47. The lowest BCUT2D eigenvalue weighted by Gasteiger charge is -2.25. The zero-order valence-corrected chi connectivity index (χ0v) is 7.00. The molecule has 0 heterocycles. The first-order valence-corrected chi connectivity index (χ1v) is 4.48. The first-order valence-electron chi connectivity index (χ1n) is 5.06. The van der Waals surface area contributed by atoms with Crippen LogP contribution in [0.4, 0.5) is 0 Å². The normalized spacial score (nSPS) is 27.2. The van der Waals surface area contributed by atoms with Gasteiger partial charge in [0.2, 0.25) is 0 Å². The zero-order chi connectivity index (χ0) is 8.97. The maximum atomic E-state index is 9.68.